The Morgan fingerprint density at radius 3 is 1.85 bits per heavy atom. The van der Waals surface area contributed by atoms with Crippen LogP contribution in [0.1, 0.15) is 0 Å². The van der Waals surface area contributed by atoms with E-state index in [1.807, 2.05) is 32.7 Å². The molecule has 0 aromatic carbocycles. The van der Waals surface area contributed by atoms with Crippen LogP contribution in [-0.4, -0.2) is 29.7 Å². The second-order valence-electron chi connectivity index (χ2n) is 5.34. The van der Waals surface area contributed by atoms with E-state index in [2.05, 4.69) is 5.09 Å². The first kappa shape index (κ1) is 11.5. The number of hydrogen-bond acceptors (Lipinski definition) is 2. The molecule has 0 amide bonds. The third-order valence-electron chi connectivity index (χ3n) is 2.07. The molecular weight excluding hydrogens is 222 g/mol. The minimum Gasteiger partial charge on any atom is -0.285 e. The van der Waals surface area contributed by atoms with E-state index >= 15 is 0 Å². The first-order valence-electron chi connectivity index (χ1n) is 4.51. The SMILES string of the molecule is C[Si]1(C)C[Si](F)(F)N([Si](C)(C)C)N1. The number of nitrogens with zero attached hydrogens (tertiary/aromatic N) is 1. The zero-order valence-corrected chi connectivity index (χ0v) is 11.9. The van der Waals surface area contributed by atoms with Crippen LogP contribution < -0.4 is 5.09 Å². The fourth-order valence-corrected chi connectivity index (χ4v) is 16.0. The van der Waals surface area contributed by atoms with Gasteiger partial charge in [0.25, 0.3) is 0 Å². The van der Waals surface area contributed by atoms with Crippen LogP contribution in [0.3, 0.4) is 0 Å². The summed E-state index contributed by atoms with van der Waals surface area (Å²) in [6.07, 6.45) is 0. The average molecular weight is 240 g/mol. The zero-order chi connectivity index (χ0) is 10.5. The van der Waals surface area contributed by atoms with Gasteiger partial charge in [0.1, 0.15) is 16.5 Å². The molecule has 2 nitrogen and oxygen atoms in total. The van der Waals surface area contributed by atoms with Gasteiger partial charge in [0.2, 0.25) is 0 Å². The topological polar surface area (TPSA) is 15.3 Å². The molecule has 0 saturated carbocycles. The van der Waals surface area contributed by atoms with Gasteiger partial charge >= 0.3 is 8.90 Å². The van der Waals surface area contributed by atoms with Gasteiger partial charge in [-0.1, -0.05) is 32.7 Å². The van der Waals surface area contributed by atoms with Gasteiger partial charge in [0.15, 0.2) is 0 Å². The van der Waals surface area contributed by atoms with Crippen molar-refractivity contribution in [1.82, 2.24) is 9.43 Å². The highest BCUT2D eigenvalue weighted by Gasteiger charge is 2.59. The summed E-state index contributed by atoms with van der Waals surface area (Å²) in [4.78, 5) is 0. The normalized spacial score (nSPS) is 27.9. The van der Waals surface area contributed by atoms with Crippen LogP contribution in [0.25, 0.3) is 0 Å². The van der Waals surface area contributed by atoms with Crippen molar-refractivity contribution in [2.24, 2.45) is 0 Å². The third kappa shape index (κ3) is 2.46. The van der Waals surface area contributed by atoms with Crippen LogP contribution in [0.4, 0.5) is 8.22 Å². The van der Waals surface area contributed by atoms with Gasteiger partial charge in [0.05, 0.1) is 0 Å². The monoisotopic (exact) mass is 240 g/mol. The molecule has 1 aliphatic rings. The lowest BCUT2D eigenvalue weighted by atomic mass is 11.8. The maximum Gasteiger partial charge on any atom is 0.511 e. The third-order valence-corrected chi connectivity index (χ3v) is 13.8. The molecule has 0 aliphatic carbocycles. The summed E-state index contributed by atoms with van der Waals surface area (Å²) < 4.78 is 28.7. The van der Waals surface area contributed by atoms with Gasteiger partial charge in [0, 0.05) is 5.67 Å². The van der Waals surface area contributed by atoms with Crippen molar-refractivity contribution >= 4 is 25.4 Å². The smallest absolute Gasteiger partial charge is 0.285 e. The second kappa shape index (κ2) is 2.96. The summed E-state index contributed by atoms with van der Waals surface area (Å²) >= 11 is 0. The van der Waals surface area contributed by atoms with Crippen molar-refractivity contribution in [3.63, 3.8) is 0 Å². The summed E-state index contributed by atoms with van der Waals surface area (Å²) in [7, 11) is -7.80. The van der Waals surface area contributed by atoms with Crippen molar-refractivity contribution in [2.75, 3.05) is 0 Å². The van der Waals surface area contributed by atoms with Crippen molar-refractivity contribution in [1.29, 1.82) is 0 Å². The van der Waals surface area contributed by atoms with E-state index in [-0.39, 0.29) is 5.67 Å². The molecule has 1 fully saturated rings. The number of hydrogen-bond donors (Lipinski definition) is 1. The first-order valence-corrected chi connectivity index (χ1v) is 13.1. The number of rotatable bonds is 1. The molecule has 0 aromatic heterocycles. The van der Waals surface area contributed by atoms with Gasteiger partial charge in [-0.15, -0.1) is 0 Å². The van der Waals surface area contributed by atoms with E-state index in [1.54, 1.807) is 0 Å². The minimum absolute atomic E-state index is 0.171. The van der Waals surface area contributed by atoms with Crippen LogP contribution in [0, 0.1) is 0 Å². The number of hydrazine groups is 1. The molecule has 0 aromatic rings. The summed E-state index contributed by atoms with van der Waals surface area (Å²) in [6, 6.07) is 0. The quantitative estimate of drug-likeness (QED) is 0.559. The lowest BCUT2D eigenvalue weighted by molar-refractivity contribution is 0.442. The Balaban J connectivity index is 2.89. The highest BCUT2D eigenvalue weighted by Crippen LogP contribution is 2.33. The molecule has 0 spiro atoms. The number of halogens is 2. The Morgan fingerprint density at radius 1 is 1.23 bits per heavy atom. The Bertz CT molecular complexity index is 214. The fraction of sp³-hybridized carbons (Fsp3) is 1.00. The van der Waals surface area contributed by atoms with E-state index in [1.165, 1.54) is 4.34 Å². The van der Waals surface area contributed by atoms with E-state index in [0.717, 1.165) is 0 Å². The molecule has 1 saturated heterocycles. The van der Waals surface area contributed by atoms with Crippen LogP contribution in [0.5, 0.6) is 0 Å². The molecule has 1 rings (SSSR count). The maximum absolute atomic E-state index is 13.7. The molecule has 7 heteroatoms. The molecule has 0 radical (unpaired) electrons. The predicted octanol–water partition coefficient (Wildman–Crippen LogP) is 2.26. The van der Waals surface area contributed by atoms with Crippen LogP contribution in [0.15, 0.2) is 0 Å². The van der Waals surface area contributed by atoms with Crippen molar-refractivity contribution in [2.45, 2.75) is 38.4 Å². The van der Waals surface area contributed by atoms with Crippen LogP contribution in [0.2, 0.25) is 38.4 Å². The van der Waals surface area contributed by atoms with Crippen molar-refractivity contribution in [3.8, 4) is 0 Å². The average Bonchev–Trinajstić information content (AvgIpc) is 1.97. The molecule has 13 heavy (non-hydrogen) atoms. The minimum atomic E-state index is -4.09. The predicted molar refractivity (Wildman–Crippen MR) is 58.6 cm³/mol. The molecule has 0 atom stereocenters. The maximum atomic E-state index is 13.7. The highest BCUT2D eigenvalue weighted by molar-refractivity contribution is 6.98. The standard InChI is InChI=1S/C6H18F2N2Si3/c1-11(2,3)10-9-12(4,5)6-13(10,7)8/h9H,6H2,1-5H3. The summed E-state index contributed by atoms with van der Waals surface area (Å²) in [5, 5.41) is 3.11. The lowest BCUT2D eigenvalue weighted by Gasteiger charge is -2.34. The fourth-order valence-electron chi connectivity index (χ4n) is 1.69. The van der Waals surface area contributed by atoms with Gasteiger partial charge in [-0.25, -0.2) is 4.34 Å². The summed E-state index contributed by atoms with van der Waals surface area (Å²) in [5.74, 6) is 0. The molecule has 0 bridgehead atoms. The molecule has 1 heterocycles. The summed E-state index contributed by atoms with van der Waals surface area (Å²) in [5.41, 5.74) is 0.171. The summed E-state index contributed by atoms with van der Waals surface area (Å²) in [6.45, 7) is 9.87. The Labute approximate surface area is 81.9 Å². The van der Waals surface area contributed by atoms with Crippen molar-refractivity contribution in [3.05, 3.63) is 0 Å². The van der Waals surface area contributed by atoms with Gasteiger partial charge in [-0.3, -0.25) is 13.3 Å². The molecular formula is C6H18F2N2Si3. The molecule has 78 valence electrons. The van der Waals surface area contributed by atoms with Gasteiger partial charge in [-0.05, 0) is 0 Å². The Hall–Kier alpha value is 0.431. The van der Waals surface area contributed by atoms with E-state index in [0.29, 0.717) is 0 Å². The Morgan fingerprint density at radius 2 is 1.69 bits per heavy atom. The molecule has 1 N–H and O–H groups in total. The molecule has 1 aliphatic heterocycles. The Kier molecular flexibility index (Phi) is 2.62. The van der Waals surface area contributed by atoms with Crippen LogP contribution in [-0.2, 0) is 0 Å². The first-order chi connectivity index (χ1) is 5.55. The zero-order valence-electron chi connectivity index (χ0n) is 8.91. The lowest BCUT2D eigenvalue weighted by Crippen LogP contribution is -2.61. The highest BCUT2D eigenvalue weighted by atomic mass is 28.5. The van der Waals surface area contributed by atoms with Gasteiger partial charge < -0.3 is 0 Å². The number of nitrogens with one attached hydrogen (secondary N) is 1. The van der Waals surface area contributed by atoms with Gasteiger partial charge in [-0.2, -0.15) is 0 Å². The van der Waals surface area contributed by atoms with E-state index < -0.39 is 25.4 Å². The van der Waals surface area contributed by atoms with Crippen molar-refractivity contribution < 1.29 is 8.22 Å². The van der Waals surface area contributed by atoms with E-state index in [4.69, 9.17) is 0 Å². The van der Waals surface area contributed by atoms with E-state index in [9.17, 15) is 8.22 Å². The molecule has 0 unspecified atom stereocenters. The second-order valence-corrected chi connectivity index (χ2v) is 17.8. The largest absolute Gasteiger partial charge is 0.511 e. The van der Waals surface area contributed by atoms with Crippen LogP contribution >= 0.6 is 0 Å².